The van der Waals surface area contributed by atoms with Crippen LogP contribution in [0.1, 0.15) is 12.5 Å². The van der Waals surface area contributed by atoms with Crippen LogP contribution in [0, 0.1) is 0 Å². The summed E-state index contributed by atoms with van der Waals surface area (Å²) >= 11 is 6.00. The summed E-state index contributed by atoms with van der Waals surface area (Å²) in [5.41, 5.74) is 0.812. The van der Waals surface area contributed by atoms with E-state index in [0.29, 0.717) is 11.6 Å². The minimum absolute atomic E-state index is 0.375. The summed E-state index contributed by atoms with van der Waals surface area (Å²) in [5, 5.41) is 2.42. The number of nitrogens with zero attached hydrogens (tertiary/aromatic N) is 1. The molecule has 1 N–H and O–H groups in total. The molecule has 0 bridgehead atoms. The van der Waals surface area contributed by atoms with Gasteiger partial charge in [0.2, 0.25) is 5.91 Å². The van der Waals surface area contributed by atoms with E-state index in [1.807, 2.05) is 11.4 Å². The van der Waals surface area contributed by atoms with Gasteiger partial charge in [0.15, 0.2) is 0 Å². The van der Waals surface area contributed by atoms with Gasteiger partial charge in [0.25, 0.3) is 0 Å². The molecule has 0 aliphatic rings. The molecule has 0 radical (unpaired) electrons. The summed E-state index contributed by atoms with van der Waals surface area (Å²) in [6, 6.07) is 6.43. The lowest BCUT2D eigenvalue weighted by Gasteiger charge is -2.24. The molecule has 1 aromatic rings. The molecule has 1 rings (SSSR count). The molecular weight excluding hydrogens is 293 g/mol. The number of amides is 1. The van der Waals surface area contributed by atoms with Crippen molar-refractivity contribution in [1.82, 2.24) is 10.2 Å². The van der Waals surface area contributed by atoms with Gasteiger partial charge in [-0.05, 0) is 25.6 Å². The molecule has 0 aliphatic heterocycles. The molecule has 0 saturated carbocycles. The number of likely N-dealkylation sites (N-methyl/N-ethyl adjacent to an activating group) is 1. The van der Waals surface area contributed by atoms with Crippen molar-refractivity contribution in [3.63, 3.8) is 0 Å². The van der Waals surface area contributed by atoms with Crippen LogP contribution in [0.5, 0.6) is 0 Å². The lowest BCUT2D eigenvalue weighted by Crippen LogP contribution is -2.45. The summed E-state index contributed by atoms with van der Waals surface area (Å²) in [5.74, 6) is -0.670. The second-order valence-electron chi connectivity index (χ2n) is 4.52. The van der Waals surface area contributed by atoms with Crippen LogP contribution in [0.4, 0.5) is 13.2 Å². The molecule has 0 spiro atoms. The van der Waals surface area contributed by atoms with E-state index in [-0.39, 0.29) is 0 Å². The number of nitrogens with one attached hydrogen (secondary N) is 1. The molecule has 7 heteroatoms. The third-order valence-electron chi connectivity index (χ3n) is 2.88. The fourth-order valence-electron chi connectivity index (χ4n) is 1.57. The highest BCUT2D eigenvalue weighted by atomic mass is 35.5. The highest BCUT2D eigenvalue weighted by Crippen LogP contribution is 2.17. The van der Waals surface area contributed by atoms with Gasteiger partial charge in [-0.25, -0.2) is 0 Å². The fraction of sp³-hybridized carbons (Fsp3) is 0.462. The fourth-order valence-corrected chi connectivity index (χ4v) is 1.76. The van der Waals surface area contributed by atoms with Gasteiger partial charge in [-0.15, -0.1) is 0 Å². The topological polar surface area (TPSA) is 32.3 Å². The van der Waals surface area contributed by atoms with Gasteiger partial charge in [0.05, 0.1) is 6.04 Å². The second-order valence-corrected chi connectivity index (χ2v) is 4.92. The van der Waals surface area contributed by atoms with Crippen molar-refractivity contribution in [3.8, 4) is 0 Å². The Balaban J connectivity index is 2.56. The van der Waals surface area contributed by atoms with Crippen LogP contribution in [-0.4, -0.2) is 36.6 Å². The van der Waals surface area contributed by atoms with E-state index in [1.54, 1.807) is 37.1 Å². The van der Waals surface area contributed by atoms with Crippen LogP contribution < -0.4 is 5.32 Å². The Morgan fingerprint density at radius 1 is 1.40 bits per heavy atom. The Morgan fingerprint density at radius 3 is 2.55 bits per heavy atom. The van der Waals surface area contributed by atoms with Crippen LogP contribution >= 0.6 is 11.6 Å². The number of alkyl halides is 3. The largest absolute Gasteiger partial charge is 0.405 e. The van der Waals surface area contributed by atoms with Gasteiger partial charge >= 0.3 is 6.18 Å². The smallest absolute Gasteiger partial charge is 0.346 e. The Morgan fingerprint density at radius 2 is 2.00 bits per heavy atom. The normalized spacial score (nSPS) is 13.3. The van der Waals surface area contributed by atoms with Crippen LogP contribution in [-0.2, 0) is 11.3 Å². The van der Waals surface area contributed by atoms with E-state index in [1.165, 1.54) is 0 Å². The number of hydrogen-bond acceptors (Lipinski definition) is 2. The third-order valence-corrected chi connectivity index (χ3v) is 3.25. The first kappa shape index (κ1) is 16.8. The molecule has 1 aromatic carbocycles. The van der Waals surface area contributed by atoms with Gasteiger partial charge < -0.3 is 5.32 Å². The van der Waals surface area contributed by atoms with E-state index in [2.05, 4.69) is 0 Å². The average Bonchev–Trinajstić information content (AvgIpc) is 2.36. The van der Waals surface area contributed by atoms with E-state index in [4.69, 9.17) is 11.6 Å². The van der Waals surface area contributed by atoms with Crippen molar-refractivity contribution in [2.75, 3.05) is 13.6 Å². The van der Waals surface area contributed by atoms with Crippen molar-refractivity contribution in [3.05, 3.63) is 34.9 Å². The van der Waals surface area contributed by atoms with Crippen LogP contribution in [0.15, 0.2) is 24.3 Å². The van der Waals surface area contributed by atoms with E-state index >= 15 is 0 Å². The molecule has 3 nitrogen and oxygen atoms in total. The second kappa shape index (κ2) is 6.95. The minimum Gasteiger partial charge on any atom is -0.346 e. The molecule has 1 atom stereocenters. The molecule has 0 aliphatic carbocycles. The maximum atomic E-state index is 12.0. The van der Waals surface area contributed by atoms with Crippen molar-refractivity contribution >= 4 is 17.5 Å². The molecule has 0 aromatic heterocycles. The standard InChI is InChI=1S/C13H16ClF3N2O/c1-9(12(20)18-8-13(15,16)17)19(2)7-10-5-3-4-6-11(10)14/h3-6,9H,7-8H2,1-2H3,(H,18,20). The molecule has 112 valence electrons. The maximum Gasteiger partial charge on any atom is 0.405 e. The van der Waals surface area contributed by atoms with Crippen LogP contribution in [0.25, 0.3) is 0 Å². The summed E-state index contributed by atoms with van der Waals surface area (Å²) in [6.07, 6.45) is -4.41. The first-order valence-electron chi connectivity index (χ1n) is 5.99. The van der Waals surface area contributed by atoms with Gasteiger partial charge in [0, 0.05) is 11.6 Å². The molecular formula is C13H16ClF3N2O. The van der Waals surface area contributed by atoms with E-state index in [0.717, 1.165) is 5.56 Å². The van der Waals surface area contributed by atoms with Gasteiger partial charge in [-0.3, -0.25) is 9.69 Å². The number of benzene rings is 1. The summed E-state index contributed by atoms with van der Waals surface area (Å²) in [6.45, 7) is 0.596. The number of carbonyl (C=O) groups excluding carboxylic acids is 1. The lowest BCUT2D eigenvalue weighted by molar-refractivity contribution is -0.141. The van der Waals surface area contributed by atoms with Crippen LogP contribution in [0.3, 0.4) is 0 Å². The average molecular weight is 309 g/mol. The Bertz CT molecular complexity index is 465. The zero-order valence-corrected chi connectivity index (χ0v) is 11.9. The van der Waals surface area contributed by atoms with Gasteiger partial charge in [-0.1, -0.05) is 29.8 Å². The predicted molar refractivity (Wildman–Crippen MR) is 71.4 cm³/mol. The summed E-state index contributed by atoms with van der Waals surface area (Å²) < 4.78 is 36.1. The van der Waals surface area contributed by atoms with Crippen molar-refractivity contribution in [1.29, 1.82) is 0 Å². The molecule has 1 amide bonds. The van der Waals surface area contributed by atoms with Gasteiger partial charge in [0.1, 0.15) is 6.54 Å². The molecule has 0 saturated heterocycles. The maximum absolute atomic E-state index is 12.0. The van der Waals surface area contributed by atoms with Gasteiger partial charge in [-0.2, -0.15) is 13.2 Å². The zero-order valence-electron chi connectivity index (χ0n) is 11.2. The first-order chi connectivity index (χ1) is 9.20. The lowest BCUT2D eigenvalue weighted by atomic mass is 10.2. The SMILES string of the molecule is CC(C(=O)NCC(F)(F)F)N(C)Cc1ccccc1Cl. The quantitative estimate of drug-likeness (QED) is 0.907. The summed E-state index contributed by atoms with van der Waals surface area (Å²) in [7, 11) is 1.65. The monoisotopic (exact) mass is 308 g/mol. The van der Waals surface area contributed by atoms with E-state index in [9.17, 15) is 18.0 Å². The molecule has 1 unspecified atom stereocenters. The Hall–Kier alpha value is -1.27. The predicted octanol–water partition coefficient (Wildman–Crippen LogP) is 2.84. The number of hydrogen-bond donors (Lipinski definition) is 1. The number of rotatable bonds is 5. The van der Waals surface area contributed by atoms with Crippen molar-refractivity contribution in [2.24, 2.45) is 0 Å². The highest BCUT2D eigenvalue weighted by Gasteiger charge is 2.29. The van der Waals surface area contributed by atoms with E-state index < -0.39 is 24.7 Å². The third kappa shape index (κ3) is 5.38. The molecule has 0 fully saturated rings. The minimum atomic E-state index is -4.41. The van der Waals surface area contributed by atoms with Crippen molar-refractivity contribution < 1.29 is 18.0 Å². The molecule has 20 heavy (non-hydrogen) atoms. The Labute approximate surface area is 120 Å². The first-order valence-corrected chi connectivity index (χ1v) is 6.36. The number of halogens is 4. The number of carbonyl (C=O) groups is 1. The van der Waals surface area contributed by atoms with Crippen LogP contribution in [0.2, 0.25) is 5.02 Å². The highest BCUT2D eigenvalue weighted by molar-refractivity contribution is 6.31. The summed E-state index contributed by atoms with van der Waals surface area (Å²) in [4.78, 5) is 13.3. The van der Waals surface area contributed by atoms with Crippen molar-refractivity contribution in [2.45, 2.75) is 25.7 Å². The zero-order chi connectivity index (χ0) is 15.3. The molecule has 0 heterocycles. The Kier molecular flexibility index (Phi) is 5.83.